The van der Waals surface area contributed by atoms with Crippen LogP contribution in [0.4, 0.5) is 0 Å². The van der Waals surface area contributed by atoms with Gasteiger partial charge < -0.3 is 10.5 Å². The molecule has 0 aliphatic carbocycles. The topological polar surface area (TPSA) is 35.2 Å². The summed E-state index contributed by atoms with van der Waals surface area (Å²) in [5.74, 6) is 0.879. The van der Waals surface area contributed by atoms with Crippen molar-refractivity contribution in [3.05, 3.63) is 51.2 Å². The lowest BCUT2D eigenvalue weighted by Crippen LogP contribution is -2.10. The van der Waals surface area contributed by atoms with Crippen LogP contribution in [-0.4, -0.2) is 7.11 Å². The highest BCUT2D eigenvalue weighted by Crippen LogP contribution is 2.29. The monoisotopic (exact) mass is 281 g/mol. The van der Waals surface area contributed by atoms with Crippen LogP contribution < -0.4 is 10.5 Å². The van der Waals surface area contributed by atoms with E-state index in [1.54, 1.807) is 18.4 Å². The van der Waals surface area contributed by atoms with Crippen molar-refractivity contribution in [2.75, 3.05) is 7.11 Å². The van der Waals surface area contributed by atoms with Gasteiger partial charge in [-0.2, -0.15) is 0 Å². The molecule has 2 aromatic rings. The second-order valence-electron chi connectivity index (χ2n) is 4.13. The van der Waals surface area contributed by atoms with Gasteiger partial charge in [0.05, 0.1) is 12.1 Å². The number of halogens is 1. The first kappa shape index (κ1) is 13.4. The summed E-state index contributed by atoms with van der Waals surface area (Å²) in [6, 6.07) is 10.00. The summed E-state index contributed by atoms with van der Waals surface area (Å²) in [6.45, 7) is 0. The summed E-state index contributed by atoms with van der Waals surface area (Å²) < 4.78 is 5.13. The van der Waals surface area contributed by atoms with Gasteiger partial charge in [0.1, 0.15) is 5.75 Å². The van der Waals surface area contributed by atoms with Gasteiger partial charge in [0, 0.05) is 10.9 Å². The lowest BCUT2D eigenvalue weighted by Gasteiger charge is -2.10. The van der Waals surface area contributed by atoms with E-state index in [-0.39, 0.29) is 6.04 Å². The fourth-order valence-electron chi connectivity index (χ4n) is 1.82. The van der Waals surface area contributed by atoms with Gasteiger partial charge in [-0.25, -0.2) is 0 Å². The van der Waals surface area contributed by atoms with Crippen LogP contribution in [0.25, 0.3) is 0 Å². The highest BCUT2D eigenvalue weighted by molar-refractivity contribution is 7.10. The van der Waals surface area contributed by atoms with Crippen LogP contribution in [0.5, 0.6) is 5.75 Å². The molecule has 4 heteroatoms. The van der Waals surface area contributed by atoms with Crippen LogP contribution >= 0.6 is 22.9 Å². The molecule has 1 heterocycles. The number of ether oxygens (including phenoxy) is 1. The Morgan fingerprint density at radius 2 is 2.00 bits per heavy atom. The van der Waals surface area contributed by atoms with Gasteiger partial charge in [0.15, 0.2) is 0 Å². The third-order valence-corrected chi connectivity index (χ3v) is 4.38. The van der Waals surface area contributed by atoms with E-state index in [1.165, 1.54) is 5.56 Å². The van der Waals surface area contributed by atoms with Crippen molar-refractivity contribution in [1.82, 2.24) is 0 Å². The van der Waals surface area contributed by atoms with E-state index in [0.717, 1.165) is 28.5 Å². The zero-order valence-corrected chi connectivity index (χ0v) is 11.8. The molecule has 18 heavy (non-hydrogen) atoms. The number of rotatable bonds is 5. The summed E-state index contributed by atoms with van der Waals surface area (Å²) in [5, 5.41) is 2.76. The number of nitrogens with two attached hydrogens (primary N) is 1. The van der Waals surface area contributed by atoms with Crippen LogP contribution in [0.15, 0.2) is 35.7 Å². The molecule has 2 rings (SSSR count). The smallest absolute Gasteiger partial charge is 0.118 e. The quantitative estimate of drug-likeness (QED) is 0.898. The Morgan fingerprint density at radius 1 is 1.28 bits per heavy atom. The molecule has 2 N–H and O–H groups in total. The van der Waals surface area contributed by atoms with Gasteiger partial charge in [-0.05, 0) is 42.0 Å². The molecule has 0 radical (unpaired) electrons. The molecule has 0 aliphatic heterocycles. The maximum absolute atomic E-state index is 6.15. The lowest BCUT2D eigenvalue weighted by molar-refractivity contribution is 0.414. The van der Waals surface area contributed by atoms with E-state index < -0.39 is 0 Å². The summed E-state index contributed by atoms with van der Waals surface area (Å²) in [4.78, 5) is 1.07. The summed E-state index contributed by atoms with van der Waals surface area (Å²) >= 11 is 7.69. The number of thiophene rings is 1. The van der Waals surface area contributed by atoms with Crippen LogP contribution in [-0.2, 0) is 6.42 Å². The first-order chi connectivity index (χ1) is 8.70. The molecule has 0 saturated heterocycles. The molecule has 0 spiro atoms. The van der Waals surface area contributed by atoms with Gasteiger partial charge in [-0.1, -0.05) is 23.7 Å². The fraction of sp³-hybridized carbons (Fsp3) is 0.286. The van der Waals surface area contributed by atoms with Crippen LogP contribution in [0.2, 0.25) is 5.02 Å². The minimum absolute atomic E-state index is 0.0135. The first-order valence-corrected chi connectivity index (χ1v) is 7.08. The van der Waals surface area contributed by atoms with E-state index in [1.807, 2.05) is 23.6 Å². The zero-order valence-electron chi connectivity index (χ0n) is 10.2. The molecule has 0 amide bonds. The highest BCUT2D eigenvalue weighted by Gasteiger charge is 2.11. The van der Waals surface area contributed by atoms with E-state index >= 15 is 0 Å². The minimum Gasteiger partial charge on any atom is -0.497 e. The van der Waals surface area contributed by atoms with Crippen LogP contribution in [0, 0.1) is 0 Å². The maximum Gasteiger partial charge on any atom is 0.118 e. The predicted molar refractivity (Wildman–Crippen MR) is 77.6 cm³/mol. The van der Waals surface area contributed by atoms with Crippen molar-refractivity contribution in [1.29, 1.82) is 0 Å². The number of benzene rings is 1. The average Bonchev–Trinajstić information content (AvgIpc) is 2.83. The van der Waals surface area contributed by atoms with Crippen molar-refractivity contribution in [2.24, 2.45) is 5.73 Å². The molecule has 0 fully saturated rings. The van der Waals surface area contributed by atoms with Gasteiger partial charge in [-0.3, -0.25) is 0 Å². The molecule has 2 nitrogen and oxygen atoms in total. The first-order valence-electron chi connectivity index (χ1n) is 5.82. The molecular weight excluding hydrogens is 266 g/mol. The van der Waals surface area contributed by atoms with E-state index in [4.69, 9.17) is 22.1 Å². The third-order valence-electron chi connectivity index (χ3n) is 2.88. The molecule has 1 unspecified atom stereocenters. The predicted octanol–water partition coefficient (Wildman–Crippen LogP) is 4.04. The summed E-state index contributed by atoms with van der Waals surface area (Å²) in [7, 11) is 1.67. The molecule has 0 bridgehead atoms. The van der Waals surface area contributed by atoms with Crippen molar-refractivity contribution in [3.63, 3.8) is 0 Å². The highest BCUT2D eigenvalue weighted by atomic mass is 35.5. The molecule has 1 aromatic heterocycles. The second-order valence-corrected chi connectivity index (χ2v) is 5.48. The molecule has 0 aliphatic rings. The Bertz CT molecular complexity index is 495. The zero-order chi connectivity index (χ0) is 13.0. The molecule has 96 valence electrons. The molecule has 1 aromatic carbocycles. The van der Waals surface area contributed by atoms with Crippen LogP contribution in [0.3, 0.4) is 0 Å². The largest absolute Gasteiger partial charge is 0.497 e. The van der Waals surface area contributed by atoms with E-state index in [2.05, 4.69) is 12.1 Å². The van der Waals surface area contributed by atoms with Gasteiger partial charge in [0.25, 0.3) is 0 Å². The number of methoxy groups -OCH3 is 1. The SMILES string of the molecule is COc1ccc(CCC(N)c2sccc2Cl)cc1. The van der Waals surface area contributed by atoms with E-state index in [0.29, 0.717) is 0 Å². The Balaban J connectivity index is 1.93. The third kappa shape index (κ3) is 3.25. The normalized spacial score (nSPS) is 12.4. The average molecular weight is 282 g/mol. The van der Waals surface area contributed by atoms with Crippen molar-refractivity contribution >= 4 is 22.9 Å². The fourth-order valence-corrected chi connectivity index (χ4v) is 3.05. The van der Waals surface area contributed by atoms with Gasteiger partial charge in [0.2, 0.25) is 0 Å². The van der Waals surface area contributed by atoms with Crippen molar-refractivity contribution in [2.45, 2.75) is 18.9 Å². The number of hydrogen-bond donors (Lipinski definition) is 1. The number of hydrogen-bond acceptors (Lipinski definition) is 3. The Morgan fingerprint density at radius 3 is 2.56 bits per heavy atom. The Kier molecular flexibility index (Phi) is 4.64. The molecule has 0 saturated carbocycles. The van der Waals surface area contributed by atoms with Gasteiger partial charge in [-0.15, -0.1) is 11.3 Å². The summed E-state index contributed by atoms with van der Waals surface area (Å²) in [5.41, 5.74) is 7.41. The maximum atomic E-state index is 6.15. The Hall–Kier alpha value is -1.03. The summed E-state index contributed by atoms with van der Waals surface area (Å²) in [6.07, 6.45) is 1.84. The standard InChI is InChI=1S/C14H16ClNOS/c1-17-11-5-2-10(3-6-11)4-7-13(16)14-12(15)8-9-18-14/h2-3,5-6,8-9,13H,4,7,16H2,1H3. The van der Waals surface area contributed by atoms with Crippen molar-refractivity contribution < 1.29 is 4.74 Å². The second kappa shape index (κ2) is 6.23. The Labute approximate surface area is 116 Å². The molecular formula is C14H16ClNOS. The van der Waals surface area contributed by atoms with Crippen molar-refractivity contribution in [3.8, 4) is 5.75 Å². The number of aryl methyl sites for hydroxylation is 1. The molecule has 1 atom stereocenters. The van der Waals surface area contributed by atoms with Crippen LogP contribution in [0.1, 0.15) is 22.9 Å². The van der Waals surface area contributed by atoms with E-state index in [9.17, 15) is 0 Å². The van der Waals surface area contributed by atoms with Gasteiger partial charge >= 0.3 is 0 Å². The minimum atomic E-state index is 0.0135. The lowest BCUT2D eigenvalue weighted by atomic mass is 10.0.